The highest BCUT2D eigenvalue weighted by Crippen LogP contribution is 2.36. The number of hydrogen-bond acceptors (Lipinski definition) is 5. The Morgan fingerprint density at radius 3 is 2.47 bits per heavy atom. The van der Waals surface area contributed by atoms with Crippen LogP contribution in [0.5, 0.6) is 11.5 Å². The summed E-state index contributed by atoms with van der Waals surface area (Å²) in [4.78, 5) is 12.5. The van der Waals surface area contributed by atoms with Crippen molar-refractivity contribution < 1.29 is 22.7 Å². The van der Waals surface area contributed by atoms with Crippen molar-refractivity contribution in [2.45, 2.75) is 46.1 Å². The standard InChI is InChI=1S/C24H32N2O5S/c1-4-6-7-18(5-2)15-25-24(27)20-10-8-19(9-11-20)16-26(32(3,28)29)21-12-13-22-23(14-21)31-17-30-22/h8-14,18H,4-7,15-17H2,1-3H3,(H,25,27). The normalized spacial score (nSPS) is 13.6. The van der Waals surface area contributed by atoms with Crippen LogP contribution in [0.1, 0.15) is 55.5 Å². The molecule has 0 fully saturated rings. The topological polar surface area (TPSA) is 84.9 Å². The van der Waals surface area contributed by atoms with Gasteiger partial charge in [0, 0.05) is 18.2 Å². The molecular weight excluding hydrogens is 428 g/mol. The molecule has 0 saturated carbocycles. The second-order valence-electron chi connectivity index (χ2n) is 8.13. The molecule has 1 heterocycles. The molecular formula is C24H32N2O5S. The summed E-state index contributed by atoms with van der Waals surface area (Å²) in [6.45, 7) is 5.26. The van der Waals surface area contributed by atoms with Gasteiger partial charge in [0.25, 0.3) is 5.91 Å². The van der Waals surface area contributed by atoms with E-state index in [1.165, 1.54) is 17.0 Å². The number of benzene rings is 2. The summed E-state index contributed by atoms with van der Waals surface area (Å²) in [5.74, 6) is 1.50. The number of amides is 1. The molecule has 8 heteroatoms. The van der Waals surface area contributed by atoms with Gasteiger partial charge in [-0.25, -0.2) is 8.42 Å². The maximum atomic E-state index is 12.5. The van der Waals surface area contributed by atoms with Crippen LogP contribution >= 0.6 is 0 Å². The van der Waals surface area contributed by atoms with Crippen molar-refractivity contribution in [1.82, 2.24) is 5.32 Å². The van der Waals surface area contributed by atoms with Crippen LogP contribution in [0.3, 0.4) is 0 Å². The molecule has 32 heavy (non-hydrogen) atoms. The molecule has 174 valence electrons. The predicted octanol–water partition coefficient (Wildman–Crippen LogP) is 4.33. The van der Waals surface area contributed by atoms with Gasteiger partial charge in [-0.15, -0.1) is 0 Å². The van der Waals surface area contributed by atoms with Crippen molar-refractivity contribution in [2.75, 3.05) is 23.9 Å². The second-order valence-corrected chi connectivity index (χ2v) is 10.0. The van der Waals surface area contributed by atoms with Gasteiger partial charge in [-0.05, 0) is 42.2 Å². The molecule has 1 aliphatic heterocycles. The van der Waals surface area contributed by atoms with E-state index in [-0.39, 0.29) is 19.2 Å². The van der Waals surface area contributed by atoms with Crippen LogP contribution in [0.4, 0.5) is 5.69 Å². The van der Waals surface area contributed by atoms with E-state index in [9.17, 15) is 13.2 Å². The minimum absolute atomic E-state index is 0.109. The molecule has 0 aromatic heterocycles. The molecule has 1 aliphatic rings. The first-order valence-corrected chi connectivity index (χ1v) is 12.9. The van der Waals surface area contributed by atoms with Crippen LogP contribution in [0, 0.1) is 5.92 Å². The Kier molecular flexibility index (Phi) is 8.01. The number of carbonyl (C=O) groups is 1. The number of sulfonamides is 1. The average molecular weight is 461 g/mol. The molecule has 0 spiro atoms. The number of nitrogens with one attached hydrogen (secondary N) is 1. The Morgan fingerprint density at radius 1 is 1.09 bits per heavy atom. The van der Waals surface area contributed by atoms with Crippen LogP contribution in [-0.4, -0.2) is 33.9 Å². The molecule has 0 bridgehead atoms. The molecule has 0 radical (unpaired) electrons. The Labute approximate surface area is 190 Å². The van der Waals surface area contributed by atoms with Gasteiger partial charge in [0.05, 0.1) is 18.5 Å². The summed E-state index contributed by atoms with van der Waals surface area (Å²) < 4.78 is 36.9. The lowest BCUT2D eigenvalue weighted by molar-refractivity contribution is 0.0945. The van der Waals surface area contributed by atoms with E-state index < -0.39 is 10.0 Å². The minimum Gasteiger partial charge on any atom is -0.454 e. The first-order chi connectivity index (χ1) is 15.3. The van der Waals surface area contributed by atoms with Crippen molar-refractivity contribution in [2.24, 2.45) is 5.92 Å². The van der Waals surface area contributed by atoms with Crippen LogP contribution < -0.4 is 19.1 Å². The lowest BCUT2D eigenvalue weighted by Crippen LogP contribution is -2.30. The quantitative estimate of drug-likeness (QED) is 0.540. The predicted molar refractivity (Wildman–Crippen MR) is 126 cm³/mol. The van der Waals surface area contributed by atoms with Gasteiger partial charge in [0.1, 0.15) is 0 Å². The van der Waals surface area contributed by atoms with Crippen LogP contribution in [0.25, 0.3) is 0 Å². The van der Waals surface area contributed by atoms with Crippen molar-refractivity contribution in [3.8, 4) is 11.5 Å². The smallest absolute Gasteiger partial charge is 0.251 e. The fourth-order valence-electron chi connectivity index (χ4n) is 3.65. The first-order valence-electron chi connectivity index (χ1n) is 11.1. The first kappa shape index (κ1) is 23.9. The summed E-state index contributed by atoms with van der Waals surface area (Å²) in [7, 11) is -3.53. The van der Waals surface area contributed by atoms with Gasteiger partial charge in [-0.2, -0.15) is 0 Å². The van der Waals surface area contributed by atoms with Crippen LogP contribution in [0.2, 0.25) is 0 Å². The van der Waals surface area contributed by atoms with Gasteiger partial charge in [0.2, 0.25) is 16.8 Å². The minimum atomic E-state index is -3.53. The average Bonchev–Trinajstić information content (AvgIpc) is 3.25. The maximum absolute atomic E-state index is 12.5. The number of carbonyl (C=O) groups excluding carboxylic acids is 1. The number of fused-ring (bicyclic) bond motifs is 1. The molecule has 7 nitrogen and oxygen atoms in total. The number of ether oxygens (including phenoxy) is 2. The third kappa shape index (κ3) is 6.16. The van der Waals surface area contributed by atoms with E-state index in [1.54, 1.807) is 42.5 Å². The second kappa shape index (κ2) is 10.7. The van der Waals surface area contributed by atoms with Gasteiger partial charge in [-0.1, -0.05) is 45.2 Å². The Balaban J connectivity index is 1.67. The third-order valence-electron chi connectivity index (χ3n) is 5.68. The Morgan fingerprint density at radius 2 is 1.81 bits per heavy atom. The van der Waals surface area contributed by atoms with E-state index in [0.29, 0.717) is 35.2 Å². The molecule has 2 aromatic rings. The van der Waals surface area contributed by atoms with E-state index in [0.717, 1.165) is 24.8 Å². The van der Waals surface area contributed by atoms with Crippen molar-refractivity contribution in [3.63, 3.8) is 0 Å². The molecule has 2 aromatic carbocycles. The van der Waals surface area contributed by atoms with E-state index in [2.05, 4.69) is 19.2 Å². The highest BCUT2D eigenvalue weighted by Gasteiger charge is 2.22. The molecule has 0 aliphatic carbocycles. The zero-order valence-electron chi connectivity index (χ0n) is 19.0. The third-order valence-corrected chi connectivity index (χ3v) is 6.82. The fourth-order valence-corrected chi connectivity index (χ4v) is 4.53. The highest BCUT2D eigenvalue weighted by molar-refractivity contribution is 7.92. The zero-order valence-corrected chi connectivity index (χ0v) is 19.8. The molecule has 1 amide bonds. The number of nitrogens with zero attached hydrogens (tertiary/aromatic N) is 1. The SMILES string of the molecule is CCCCC(CC)CNC(=O)c1ccc(CN(c2ccc3c(c2)OCO3)S(C)(=O)=O)cc1. The Hall–Kier alpha value is -2.74. The summed E-state index contributed by atoms with van der Waals surface area (Å²) in [6, 6.07) is 12.1. The monoisotopic (exact) mass is 460 g/mol. The number of rotatable bonds is 11. The molecule has 0 saturated heterocycles. The van der Waals surface area contributed by atoms with Gasteiger partial charge >= 0.3 is 0 Å². The Bertz CT molecular complexity index is 1020. The van der Waals surface area contributed by atoms with E-state index in [1.807, 2.05) is 0 Å². The summed E-state index contributed by atoms with van der Waals surface area (Å²) in [5.41, 5.74) is 1.84. The van der Waals surface area contributed by atoms with Crippen molar-refractivity contribution >= 4 is 21.6 Å². The highest BCUT2D eigenvalue weighted by atomic mass is 32.2. The maximum Gasteiger partial charge on any atom is 0.251 e. The summed E-state index contributed by atoms with van der Waals surface area (Å²) >= 11 is 0. The zero-order chi connectivity index (χ0) is 23.1. The molecule has 1 N–H and O–H groups in total. The van der Waals surface area contributed by atoms with E-state index >= 15 is 0 Å². The van der Waals surface area contributed by atoms with Gasteiger partial charge < -0.3 is 14.8 Å². The molecule has 1 unspecified atom stereocenters. The molecule has 1 atom stereocenters. The molecule has 3 rings (SSSR count). The summed E-state index contributed by atoms with van der Waals surface area (Å²) in [6.07, 6.45) is 5.65. The van der Waals surface area contributed by atoms with Crippen LogP contribution in [0.15, 0.2) is 42.5 Å². The number of hydrogen-bond donors (Lipinski definition) is 1. The summed E-state index contributed by atoms with van der Waals surface area (Å²) in [5, 5.41) is 3.02. The number of unbranched alkanes of at least 4 members (excludes halogenated alkanes) is 1. The van der Waals surface area contributed by atoms with E-state index in [4.69, 9.17) is 9.47 Å². The van der Waals surface area contributed by atoms with Gasteiger partial charge in [0.15, 0.2) is 11.5 Å². The van der Waals surface area contributed by atoms with Gasteiger partial charge in [-0.3, -0.25) is 9.10 Å². The lowest BCUT2D eigenvalue weighted by Gasteiger charge is -2.23. The lowest BCUT2D eigenvalue weighted by atomic mass is 9.99. The van der Waals surface area contributed by atoms with Crippen molar-refractivity contribution in [3.05, 3.63) is 53.6 Å². The van der Waals surface area contributed by atoms with Crippen molar-refractivity contribution in [1.29, 1.82) is 0 Å². The fraction of sp³-hybridized carbons (Fsp3) is 0.458. The largest absolute Gasteiger partial charge is 0.454 e. The number of anilines is 1. The van der Waals surface area contributed by atoms with Crippen LogP contribution in [-0.2, 0) is 16.6 Å².